The van der Waals surface area contributed by atoms with Crippen LogP contribution in [0.1, 0.15) is 51.0 Å². The van der Waals surface area contributed by atoms with Crippen molar-refractivity contribution in [2.75, 3.05) is 0 Å². The maximum absolute atomic E-state index is 12.4. The highest BCUT2D eigenvalue weighted by Gasteiger charge is 2.44. The monoisotopic (exact) mass is 1450 g/mol. The van der Waals surface area contributed by atoms with E-state index in [4.69, 9.17) is 0 Å². The Balaban J connectivity index is 1.11. The number of aromatic nitrogens is 3. The van der Waals surface area contributed by atoms with E-state index in [1.165, 1.54) is 4.57 Å². The lowest BCUT2D eigenvalue weighted by Gasteiger charge is -2.38. The Morgan fingerprint density at radius 2 is 0.685 bits per heavy atom. The first-order valence-electron chi connectivity index (χ1n) is 46.5. The summed E-state index contributed by atoms with van der Waals surface area (Å²) in [5.74, 6) is 0. The van der Waals surface area contributed by atoms with Gasteiger partial charge in [-0.3, -0.25) is 0 Å². The van der Waals surface area contributed by atoms with Crippen LogP contribution in [0.5, 0.6) is 0 Å². The Bertz CT molecular complexity index is 8400. The van der Waals surface area contributed by atoms with E-state index < -0.39 is 105 Å². The molecule has 22 rings (SSSR count). The number of fused-ring (bicyclic) bond motifs is 21. The van der Waals surface area contributed by atoms with Crippen molar-refractivity contribution in [3.8, 4) is 50.4 Å². The normalized spacial score (nSPS) is 14.7. The number of hydrogen-bond acceptors (Lipinski definition) is 0. The fraction of sp³-hybridized carbons (Fsp3) is 0.0377. The van der Waals surface area contributed by atoms with Crippen LogP contribution in [0, 0.1) is 0 Å². The molecule has 2 aliphatic heterocycles. The number of nitrogens with zero attached hydrogens (tertiary/aromatic N) is 3. The summed E-state index contributed by atoms with van der Waals surface area (Å²) in [5, 5.41) is 7.92. The summed E-state index contributed by atoms with van der Waals surface area (Å²) >= 11 is 0. The highest BCUT2D eigenvalue weighted by Crippen LogP contribution is 2.47. The van der Waals surface area contributed by atoms with Crippen molar-refractivity contribution >= 4 is 160 Å². The molecular formula is C106H74BN3Si. The van der Waals surface area contributed by atoms with Gasteiger partial charge in [-0.1, -0.05) is 378 Å². The average Bonchev–Trinajstić information content (AvgIpc) is 1.65. The molecule has 0 saturated carbocycles. The van der Waals surface area contributed by atoms with Crippen LogP contribution in [0.3, 0.4) is 0 Å². The molecule has 520 valence electrons. The minimum atomic E-state index is -4.16. The Hall–Kier alpha value is -13.6. The summed E-state index contributed by atoms with van der Waals surface area (Å²) < 4.78 is 199. The zero-order chi connectivity index (χ0) is 89.3. The van der Waals surface area contributed by atoms with Gasteiger partial charge in [0.25, 0.3) is 6.71 Å². The average molecular weight is 1450 g/mol. The van der Waals surface area contributed by atoms with Crippen molar-refractivity contribution < 1.29 is 24.7 Å². The second-order valence-electron chi connectivity index (χ2n) is 29.8. The Kier molecular flexibility index (Phi) is 11.1. The molecule has 0 atom stereocenters. The molecule has 0 spiro atoms. The van der Waals surface area contributed by atoms with Crippen molar-refractivity contribution in [1.29, 1.82) is 0 Å². The Morgan fingerprint density at radius 1 is 0.270 bits per heavy atom. The molecule has 0 unspecified atom stereocenters. The van der Waals surface area contributed by atoms with Gasteiger partial charge < -0.3 is 13.7 Å². The summed E-state index contributed by atoms with van der Waals surface area (Å²) in [4.78, 5) is 0. The Morgan fingerprint density at radius 3 is 1.17 bits per heavy atom. The molecule has 17 aromatic carbocycles. The third-order valence-electron chi connectivity index (χ3n) is 22.8. The van der Waals surface area contributed by atoms with Crippen molar-refractivity contribution in [2.24, 2.45) is 0 Å². The first-order chi connectivity index (χ1) is 62.3. The largest absolute Gasteiger partial charge is 0.310 e. The van der Waals surface area contributed by atoms with Crippen LogP contribution in [0.25, 0.3) is 159 Å². The summed E-state index contributed by atoms with van der Waals surface area (Å²) in [5.41, 5.74) is 1.88. The predicted molar refractivity (Wildman–Crippen MR) is 478 cm³/mol. The SMILES string of the molecule is [2H]c1c([2H])c(-c2c([2H])c3c4c(c2[2H])c2ccccc2c2ccccc2c2cccc(-c5ccccc5)c2n4-c2c([2H])c(C(C)(C)C)c([2H])c4c2B3c2c([2H])c([2H])c(-n3c5c([2H])c([2H])c([2H])c([2H])c5c5c([2H])c([2H])c([2H])c([2H])c53)c3c5ccccc5c5ccccc5c5cccc(-c6ccccc6)c5n-4c23)c([2H])c([Si](c2ccccc2)(c2ccccc2)c2ccccc2)c1[2H]. The van der Waals surface area contributed by atoms with Crippen molar-refractivity contribution in [1.82, 2.24) is 13.7 Å². The summed E-state index contributed by atoms with van der Waals surface area (Å²) in [6.45, 7) is 4.17. The molecule has 3 nitrogen and oxygen atoms in total. The molecule has 0 saturated heterocycles. The quantitative estimate of drug-likeness (QED) is 0.106. The highest BCUT2D eigenvalue weighted by molar-refractivity contribution is 7.20. The lowest BCUT2D eigenvalue weighted by Crippen LogP contribution is -2.74. The van der Waals surface area contributed by atoms with Crippen molar-refractivity contribution in [3.63, 3.8) is 0 Å². The molecule has 0 fully saturated rings. The molecule has 5 heterocycles. The molecule has 0 amide bonds. The summed E-state index contributed by atoms with van der Waals surface area (Å²) in [6, 6.07) is 81.7. The smallest absolute Gasteiger partial charge is 0.252 e. The molecule has 0 N–H and O–H groups in total. The Labute approximate surface area is 671 Å². The maximum Gasteiger partial charge on any atom is 0.252 e. The third-order valence-corrected chi connectivity index (χ3v) is 27.4. The second kappa shape index (κ2) is 25.3. The molecule has 111 heavy (non-hydrogen) atoms. The van der Waals surface area contributed by atoms with Crippen LogP contribution in [0.4, 0.5) is 0 Å². The lowest BCUT2D eigenvalue weighted by atomic mass is 9.34. The molecule has 0 aliphatic carbocycles. The number of hydrogen-bond donors (Lipinski definition) is 0. The van der Waals surface area contributed by atoms with Crippen LogP contribution in [0.2, 0.25) is 0 Å². The van der Waals surface area contributed by atoms with Crippen LogP contribution in [-0.4, -0.2) is 28.5 Å². The number of para-hydroxylation sites is 4. The van der Waals surface area contributed by atoms with Gasteiger partial charge in [-0.2, -0.15) is 0 Å². The fourth-order valence-electron chi connectivity index (χ4n) is 18.1. The molecule has 0 radical (unpaired) electrons. The van der Waals surface area contributed by atoms with Gasteiger partial charge in [0.1, 0.15) is 0 Å². The minimum absolute atomic E-state index is 0.00905. The van der Waals surface area contributed by atoms with E-state index in [0.717, 1.165) is 26.5 Å². The first kappa shape index (κ1) is 48.7. The molecular weight excluding hydrogens is 1350 g/mol. The van der Waals surface area contributed by atoms with E-state index in [1.807, 2.05) is 315 Å². The van der Waals surface area contributed by atoms with E-state index in [9.17, 15) is 24.7 Å². The van der Waals surface area contributed by atoms with E-state index >= 15 is 0 Å². The molecule has 0 bridgehead atoms. The van der Waals surface area contributed by atoms with Gasteiger partial charge in [-0.25, -0.2) is 0 Å². The van der Waals surface area contributed by atoms with Gasteiger partial charge in [-0.05, 0) is 150 Å². The van der Waals surface area contributed by atoms with Gasteiger partial charge in [0.15, 0.2) is 8.07 Å². The predicted octanol–water partition coefficient (Wildman–Crippen LogP) is 22.7. The van der Waals surface area contributed by atoms with Crippen LogP contribution >= 0.6 is 0 Å². The van der Waals surface area contributed by atoms with E-state index in [-0.39, 0.29) is 123 Å². The van der Waals surface area contributed by atoms with Crippen LogP contribution < -0.4 is 37.1 Å². The van der Waals surface area contributed by atoms with Crippen LogP contribution in [-0.2, 0) is 5.41 Å². The van der Waals surface area contributed by atoms with E-state index in [1.54, 1.807) is 0 Å². The van der Waals surface area contributed by atoms with Gasteiger partial charge in [-0.15, -0.1) is 0 Å². The van der Waals surface area contributed by atoms with Crippen molar-refractivity contribution in [2.45, 2.75) is 26.2 Å². The topological polar surface area (TPSA) is 14.8 Å². The zero-order valence-electron chi connectivity index (χ0n) is 78.6. The fourth-order valence-corrected chi connectivity index (χ4v) is 22.6. The van der Waals surface area contributed by atoms with Crippen LogP contribution in [0.15, 0.2) is 394 Å². The lowest BCUT2D eigenvalue weighted by molar-refractivity contribution is 0.589. The zero-order valence-corrected chi connectivity index (χ0v) is 61.6. The van der Waals surface area contributed by atoms with Gasteiger partial charge in [0, 0.05) is 60.3 Å². The summed E-state index contributed by atoms with van der Waals surface area (Å²) in [6.07, 6.45) is 0. The molecule has 2 aliphatic rings. The number of rotatable bonds is 8. The van der Waals surface area contributed by atoms with Crippen molar-refractivity contribution in [3.05, 3.63) is 399 Å². The molecule has 20 aromatic rings. The standard InChI is InChI=1S/C106H74BN3Si/c1-106(2,3)73-67-98-101-99(68-73)110-103-79(70-36-11-5-12-37-70)57-33-59-91(103)85-51-23-20-48-82(85)83-49-25-26-55-89(83)100-97(108-95-60-29-27-53-87(95)88-54-28-30-61-96(88)108)63-62-93(105(100)110)107(101)94-66-72(71-38-31-45-77(64-71)111(74-39-13-6-14-40-74,75-41-15-7-16-42-75)76-43-17-8-18-44-76)65-92-86-52-24-21-47-81(86)80-46-19-22-50-84(80)90-58-32-56-78(69-34-9-4-10-35-69)102(90)109(98)104(92)94/h4-68H,1-3H3/i27D,28D,29D,30D,31D,38D,45D,53D,54D,60D,61D,62D,63D,64D,65D,66D,67D,68D. The highest BCUT2D eigenvalue weighted by atomic mass is 28.3. The van der Waals surface area contributed by atoms with Gasteiger partial charge in [0.05, 0.1) is 57.9 Å². The summed E-state index contributed by atoms with van der Waals surface area (Å²) in [7, 11) is -4.16. The van der Waals surface area contributed by atoms with Gasteiger partial charge >= 0.3 is 0 Å². The van der Waals surface area contributed by atoms with E-state index in [0.29, 0.717) is 76.2 Å². The minimum Gasteiger partial charge on any atom is -0.310 e. The maximum atomic E-state index is 12.4. The second-order valence-corrected chi connectivity index (χ2v) is 33.5. The van der Waals surface area contributed by atoms with Gasteiger partial charge in [0.2, 0.25) is 0 Å². The van der Waals surface area contributed by atoms with E-state index in [2.05, 4.69) is 0 Å². The molecule has 5 heteroatoms. The third kappa shape index (κ3) is 9.72. The number of benzene rings is 17. The molecule has 3 aromatic heterocycles. The first-order valence-corrected chi connectivity index (χ1v) is 39.5.